The highest BCUT2D eigenvalue weighted by molar-refractivity contribution is 9.10. The third-order valence-electron chi connectivity index (χ3n) is 3.16. The molecular weight excluding hydrogens is 302 g/mol. The van der Waals surface area contributed by atoms with Crippen LogP contribution in [0.15, 0.2) is 35.1 Å². The molecule has 0 bridgehead atoms. The van der Waals surface area contributed by atoms with E-state index in [1.807, 2.05) is 12.4 Å². The number of hydrogen-bond acceptors (Lipinski definition) is 2. The van der Waals surface area contributed by atoms with Gasteiger partial charge in [-0.15, -0.1) is 0 Å². The first-order chi connectivity index (χ1) is 9.24. The number of aryl methyl sites for hydroxylation is 1. The van der Waals surface area contributed by atoms with E-state index >= 15 is 0 Å². The van der Waals surface area contributed by atoms with E-state index < -0.39 is 0 Å². The molecule has 0 unspecified atom stereocenters. The van der Waals surface area contributed by atoms with Crippen molar-refractivity contribution in [2.24, 2.45) is 0 Å². The highest BCUT2D eigenvalue weighted by Gasteiger charge is 2.05. The van der Waals surface area contributed by atoms with Gasteiger partial charge in [0.2, 0.25) is 0 Å². The van der Waals surface area contributed by atoms with E-state index in [-0.39, 0.29) is 0 Å². The minimum Gasteiger partial charge on any atom is -0.330 e. The molecule has 0 aliphatic carbocycles. The van der Waals surface area contributed by atoms with Gasteiger partial charge < -0.3 is 9.88 Å². The van der Waals surface area contributed by atoms with Crippen LogP contribution in [0.2, 0.25) is 0 Å². The van der Waals surface area contributed by atoms with E-state index in [0.29, 0.717) is 0 Å². The predicted molar refractivity (Wildman–Crippen MR) is 82.2 cm³/mol. The van der Waals surface area contributed by atoms with Crippen molar-refractivity contribution in [1.82, 2.24) is 14.9 Å². The number of imidazole rings is 1. The average molecular weight is 322 g/mol. The summed E-state index contributed by atoms with van der Waals surface area (Å²) in [6, 6.07) is 6.57. The Labute approximate surface area is 123 Å². The number of rotatable bonds is 6. The third kappa shape index (κ3) is 3.67. The summed E-state index contributed by atoms with van der Waals surface area (Å²) in [5.41, 5.74) is 2.59. The van der Waals surface area contributed by atoms with Gasteiger partial charge in [-0.25, -0.2) is 4.98 Å². The maximum Gasteiger partial charge on any atom is 0.108 e. The van der Waals surface area contributed by atoms with Gasteiger partial charge >= 0.3 is 0 Å². The Morgan fingerprint density at radius 2 is 2.16 bits per heavy atom. The van der Waals surface area contributed by atoms with Crippen LogP contribution in [-0.2, 0) is 19.5 Å². The first-order valence-electron chi connectivity index (χ1n) is 6.72. The molecule has 1 aromatic heterocycles. The first-order valence-corrected chi connectivity index (χ1v) is 7.52. The van der Waals surface area contributed by atoms with E-state index in [4.69, 9.17) is 0 Å². The largest absolute Gasteiger partial charge is 0.330 e. The van der Waals surface area contributed by atoms with Gasteiger partial charge in [0, 0.05) is 36.4 Å². The molecule has 3 nitrogen and oxygen atoms in total. The Bertz CT molecular complexity index is 534. The minimum absolute atomic E-state index is 0.866. The molecule has 19 heavy (non-hydrogen) atoms. The number of nitrogens with one attached hydrogen (secondary N) is 1. The van der Waals surface area contributed by atoms with Gasteiger partial charge in [-0.1, -0.05) is 41.9 Å². The van der Waals surface area contributed by atoms with Crippen LogP contribution >= 0.6 is 15.9 Å². The highest BCUT2D eigenvalue weighted by atomic mass is 79.9. The summed E-state index contributed by atoms with van der Waals surface area (Å²) < 4.78 is 3.36. The van der Waals surface area contributed by atoms with Crippen LogP contribution in [0.25, 0.3) is 0 Å². The zero-order valence-electron chi connectivity index (χ0n) is 11.5. The minimum atomic E-state index is 0.866. The number of hydrogen-bond donors (Lipinski definition) is 1. The Balaban J connectivity index is 2.13. The quantitative estimate of drug-likeness (QED) is 0.884. The highest BCUT2D eigenvalue weighted by Crippen LogP contribution is 2.20. The molecule has 0 atom stereocenters. The molecular formula is C15H20BrN3. The lowest BCUT2D eigenvalue weighted by Crippen LogP contribution is -2.12. The van der Waals surface area contributed by atoms with Gasteiger partial charge in [-0.2, -0.15) is 0 Å². The monoisotopic (exact) mass is 321 g/mol. The number of benzene rings is 1. The fourth-order valence-electron chi connectivity index (χ4n) is 2.08. The maximum absolute atomic E-state index is 4.36. The van der Waals surface area contributed by atoms with Gasteiger partial charge in [-0.05, 0) is 23.7 Å². The molecule has 1 aromatic carbocycles. The van der Waals surface area contributed by atoms with Crippen molar-refractivity contribution in [1.29, 1.82) is 0 Å². The average Bonchev–Trinajstić information content (AvgIpc) is 2.86. The molecule has 2 rings (SSSR count). The molecule has 0 amide bonds. The van der Waals surface area contributed by atoms with Crippen LogP contribution in [0.1, 0.15) is 30.8 Å². The van der Waals surface area contributed by atoms with Crippen LogP contribution < -0.4 is 5.32 Å². The molecule has 1 heterocycles. The summed E-state index contributed by atoms with van der Waals surface area (Å²) in [5.74, 6) is 1.13. The lowest BCUT2D eigenvalue weighted by Gasteiger charge is -2.10. The number of aromatic nitrogens is 2. The first kappa shape index (κ1) is 14.3. The van der Waals surface area contributed by atoms with Crippen molar-refractivity contribution in [3.63, 3.8) is 0 Å². The second kappa shape index (κ2) is 6.87. The number of nitrogens with zero attached hydrogens (tertiary/aromatic N) is 2. The van der Waals surface area contributed by atoms with Crippen LogP contribution in [0.4, 0.5) is 0 Å². The fourth-order valence-corrected chi connectivity index (χ4v) is 2.63. The second-order valence-corrected chi connectivity index (χ2v) is 5.39. The zero-order chi connectivity index (χ0) is 13.7. The van der Waals surface area contributed by atoms with Crippen LogP contribution in [-0.4, -0.2) is 16.1 Å². The smallest absolute Gasteiger partial charge is 0.108 e. The summed E-state index contributed by atoms with van der Waals surface area (Å²) >= 11 is 3.67. The van der Waals surface area contributed by atoms with Gasteiger partial charge in [0.15, 0.2) is 0 Å². The molecule has 2 aromatic rings. The molecule has 0 saturated carbocycles. The molecule has 1 N–H and O–H groups in total. The van der Waals surface area contributed by atoms with E-state index in [1.54, 1.807) is 0 Å². The lowest BCUT2D eigenvalue weighted by atomic mass is 10.1. The van der Waals surface area contributed by atoms with E-state index in [2.05, 4.69) is 62.8 Å². The van der Waals surface area contributed by atoms with E-state index in [1.165, 1.54) is 15.6 Å². The number of halogens is 1. The van der Waals surface area contributed by atoms with Gasteiger partial charge in [0.25, 0.3) is 0 Å². The van der Waals surface area contributed by atoms with Crippen LogP contribution in [0, 0.1) is 0 Å². The van der Waals surface area contributed by atoms with Crippen LogP contribution in [0.5, 0.6) is 0 Å². The molecule has 4 heteroatoms. The summed E-state index contributed by atoms with van der Waals surface area (Å²) in [5, 5.41) is 3.34. The molecule has 0 aliphatic heterocycles. The van der Waals surface area contributed by atoms with Crippen molar-refractivity contribution >= 4 is 15.9 Å². The fraction of sp³-hybridized carbons (Fsp3) is 0.400. The standard InChI is InChI=1S/C15H20BrN3/c1-3-15-18-7-8-19(15)11-13-6-5-12(9-14(13)16)10-17-4-2/h5-9,17H,3-4,10-11H2,1-2H3. The van der Waals surface area contributed by atoms with Gasteiger partial charge in [0.1, 0.15) is 5.82 Å². The van der Waals surface area contributed by atoms with Crippen molar-refractivity contribution in [3.05, 3.63) is 52.0 Å². The SMILES string of the molecule is CCNCc1ccc(Cn2ccnc2CC)c(Br)c1. The molecule has 0 radical (unpaired) electrons. The zero-order valence-corrected chi connectivity index (χ0v) is 13.1. The van der Waals surface area contributed by atoms with Crippen molar-refractivity contribution in [3.8, 4) is 0 Å². The normalized spacial score (nSPS) is 10.9. The van der Waals surface area contributed by atoms with Crippen molar-refractivity contribution in [2.75, 3.05) is 6.54 Å². The maximum atomic E-state index is 4.36. The molecule has 0 saturated heterocycles. The van der Waals surface area contributed by atoms with Gasteiger partial charge in [0.05, 0.1) is 0 Å². The summed E-state index contributed by atoms with van der Waals surface area (Å²) in [4.78, 5) is 4.36. The van der Waals surface area contributed by atoms with Crippen molar-refractivity contribution < 1.29 is 0 Å². The van der Waals surface area contributed by atoms with E-state index in [0.717, 1.165) is 31.9 Å². The molecule has 0 spiro atoms. The predicted octanol–water partition coefficient (Wildman–Crippen LogP) is 3.37. The summed E-state index contributed by atoms with van der Waals surface area (Å²) in [6.45, 7) is 7.03. The Hall–Kier alpha value is -1.13. The van der Waals surface area contributed by atoms with Crippen molar-refractivity contribution in [2.45, 2.75) is 33.4 Å². The Kier molecular flexibility index (Phi) is 5.16. The van der Waals surface area contributed by atoms with Gasteiger partial charge in [-0.3, -0.25) is 0 Å². The Morgan fingerprint density at radius 3 is 2.84 bits per heavy atom. The third-order valence-corrected chi connectivity index (χ3v) is 3.89. The topological polar surface area (TPSA) is 29.9 Å². The Morgan fingerprint density at radius 1 is 1.32 bits per heavy atom. The lowest BCUT2D eigenvalue weighted by molar-refractivity contribution is 0.719. The molecule has 0 fully saturated rings. The van der Waals surface area contributed by atoms with E-state index in [9.17, 15) is 0 Å². The summed E-state index contributed by atoms with van der Waals surface area (Å²) in [6.07, 6.45) is 4.87. The molecule has 102 valence electrons. The second-order valence-electron chi connectivity index (χ2n) is 4.53. The van der Waals surface area contributed by atoms with Crippen LogP contribution in [0.3, 0.4) is 0 Å². The summed E-state index contributed by atoms with van der Waals surface area (Å²) in [7, 11) is 0. The molecule has 0 aliphatic rings.